The summed E-state index contributed by atoms with van der Waals surface area (Å²) in [6.45, 7) is 2.13. The van der Waals surface area contributed by atoms with Gasteiger partial charge in [0.15, 0.2) is 0 Å². The lowest BCUT2D eigenvalue weighted by molar-refractivity contribution is -0.839. The van der Waals surface area contributed by atoms with Crippen molar-refractivity contribution in [1.82, 2.24) is 4.98 Å². The Bertz CT molecular complexity index is 297. The van der Waals surface area contributed by atoms with Crippen molar-refractivity contribution in [3.8, 4) is 0 Å². The Labute approximate surface area is 95.9 Å². The molecule has 0 radical (unpaired) electrons. The van der Waals surface area contributed by atoms with Crippen molar-refractivity contribution in [1.29, 1.82) is 0 Å². The molecule has 1 aliphatic heterocycles. The summed E-state index contributed by atoms with van der Waals surface area (Å²) in [6, 6.07) is 4.10. The van der Waals surface area contributed by atoms with Crippen LogP contribution in [0.1, 0.15) is 12.8 Å². The minimum atomic E-state index is 0. The first-order chi connectivity index (χ1) is 6.90. The van der Waals surface area contributed by atoms with Crippen LogP contribution in [0, 0.1) is 5.92 Å². The predicted molar refractivity (Wildman–Crippen MR) is 53.4 cm³/mol. The molecule has 1 N–H and O–H groups in total. The molecule has 0 bridgehead atoms. The van der Waals surface area contributed by atoms with Crippen LogP contribution in [0.15, 0.2) is 24.5 Å². The number of pyridine rings is 1. The number of carbonyl (C=O) groups is 1. The van der Waals surface area contributed by atoms with Crippen LogP contribution in [0.4, 0.5) is 5.69 Å². The van der Waals surface area contributed by atoms with E-state index in [1.165, 1.54) is 10.6 Å². The van der Waals surface area contributed by atoms with Gasteiger partial charge < -0.3 is 22.1 Å². The van der Waals surface area contributed by atoms with E-state index in [9.17, 15) is 4.79 Å². The second kappa shape index (κ2) is 5.83. The lowest BCUT2D eigenvalue weighted by Crippen LogP contribution is -3.08. The van der Waals surface area contributed by atoms with Gasteiger partial charge in [0.05, 0.1) is 13.1 Å². The molecule has 4 heteroatoms. The number of nitrogens with zero attached hydrogens (tertiary/aromatic N) is 1. The number of piperidine rings is 1. The van der Waals surface area contributed by atoms with E-state index in [4.69, 9.17) is 0 Å². The molecule has 3 nitrogen and oxygen atoms in total. The van der Waals surface area contributed by atoms with Crippen LogP contribution >= 0.6 is 0 Å². The number of hydrogen-bond donors (Lipinski definition) is 1. The fraction of sp³-hybridized carbons (Fsp3) is 0.455. The Morgan fingerprint density at radius 1 is 1.27 bits per heavy atom. The average Bonchev–Trinajstić information content (AvgIpc) is 2.30. The molecule has 1 saturated heterocycles. The topological polar surface area (TPSA) is 34.4 Å². The maximum Gasteiger partial charge on any atom is 0.134 e. The second-order valence-corrected chi connectivity index (χ2v) is 3.81. The molecular weight excluding hydrogens is 212 g/mol. The van der Waals surface area contributed by atoms with E-state index >= 15 is 0 Å². The van der Waals surface area contributed by atoms with E-state index in [-0.39, 0.29) is 12.4 Å². The highest BCUT2D eigenvalue weighted by atomic mass is 35.5. The predicted octanol–water partition coefficient (Wildman–Crippen LogP) is -2.79. The van der Waals surface area contributed by atoms with Crippen LogP contribution in [0.2, 0.25) is 0 Å². The van der Waals surface area contributed by atoms with Gasteiger partial charge in [-0.3, -0.25) is 4.98 Å². The van der Waals surface area contributed by atoms with Gasteiger partial charge in [0, 0.05) is 43.3 Å². The Kier molecular flexibility index (Phi) is 4.72. The standard InChI is InChI=1S/C11H14N2O.ClH/c14-9-10-3-7-13(8-4-10)11-1-5-12-6-2-11;/h1-2,5-6,9-10H,3-4,7-8H2;1H. The van der Waals surface area contributed by atoms with Crippen molar-refractivity contribution in [2.45, 2.75) is 12.8 Å². The molecule has 0 amide bonds. The number of carbonyl (C=O) groups excluding carboxylic acids is 1. The van der Waals surface area contributed by atoms with Crippen molar-refractivity contribution >= 4 is 12.0 Å². The van der Waals surface area contributed by atoms with Gasteiger partial charge in [0.2, 0.25) is 0 Å². The average molecular weight is 227 g/mol. The second-order valence-electron chi connectivity index (χ2n) is 3.81. The first-order valence-electron chi connectivity index (χ1n) is 5.10. The Morgan fingerprint density at radius 2 is 1.87 bits per heavy atom. The number of aldehydes is 1. The third-order valence-electron chi connectivity index (χ3n) is 2.91. The van der Waals surface area contributed by atoms with Gasteiger partial charge in [-0.05, 0) is 0 Å². The van der Waals surface area contributed by atoms with Gasteiger partial charge in [-0.1, -0.05) is 0 Å². The molecule has 1 aromatic rings. The molecule has 15 heavy (non-hydrogen) atoms. The van der Waals surface area contributed by atoms with Crippen molar-refractivity contribution < 1.29 is 22.1 Å². The Balaban J connectivity index is 0.00000112. The summed E-state index contributed by atoms with van der Waals surface area (Å²) in [5, 5.41) is 0. The smallest absolute Gasteiger partial charge is 0.134 e. The van der Waals surface area contributed by atoms with Crippen LogP contribution in [0.5, 0.6) is 0 Å². The lowest BCUT2D eigenvalue weighted by Gasteiger charge is -2.25. The normalized spacial score (nSPS) is 25.3. The molecule has 1 aromatic heterocycles. The fourth-order valence-electron chi connectivity index (χ4n) is 2.00. The molecule has 0 unspecified atom stereocenters. The third kappa shape index (κ3) is 3.01. The van der Waals surface area contributed by atoms with Crippen LogP contribution in [-0.4, -0.2) is 24.4 Å². The molecule has 1 aliphatic rings. The number of nitrogens with one attached hydrogen (secondary N) is 1. The van der Waals surface area contributed by atoms with Crippen LogP contribution < -0.4 is 17.3 Å². The van der Waals surface area contributed by atoms with Gasteiger partial charge >= 0.3 is 0 Å². The summed E-state index contributed by atoms with van der Waals surface area (Å²) in [4.78, 5) is 16.1. The van der Waals surface area contributed by atoms with E-state index in [1.54, 1.807) is 0 Å². The Hall–Kier alpha value is -0.930. The minimum absolute atomic E-state index is 0. The largest absolute Gasteiger partial charge is 1.00 e. The monoisotopic (exact) mass is 226 g/mol. The zero-order valence-electron chi connectivity index (χ0n) is 8.53. The van der Waals surface area contributed by atoms with E-state index in [2.05, 4.69) is 17.1 Å². The number of halogens is 1. The molecule has 0 aromatic carbocycles. The van der Waals surface area contributed by atoms with Crippen molar-refractivity contribution in [3.63, 3.8) is 0 Å². The molecule has 2 heterocycles. The first-order valence-corrected chi connectivity index (χ1v) is 5.10. The zero-order chi connectivity index (χ0) is 9.80. The van der Waals surface area contributed by atoms with E-state index in [0.717, 1.165) is 32.2 Å². The molecular formula is C11H15ClN2O. The van der Waals surface area contributed by atoms with Crippen LogP contribution in [0.25, 0.3) is 0 Å². The maximum atomic E-state index is 10.6. The number of rotatable bonds is 2. The summed E-state index contributed by atoms with van der Waals surface area (Å²) in [5.41, 5.74) is 1.30. The summed E-state index contributed by atoms with van der Waals surface area (Å²) < 4.78 is 0. The summed E-state index contributed by atoms with van der Waals surface area (Å²) in [6.07, 6.45) is 6.79. The van der Waals surface area contributed by atoms with Gasteiger partial charge in [0.1, 0.15) is 12.0 Å². The fourth-order valence-corrected chi connectivity index (χ4v) is 2.00. The maximum absolute atomic E-state index is 10.6. The Morgan fingerprint density at radius 3 is 2.40 bits per heavy atom. The van der Waals surface area contributed by atoms with E-state index in [0.29, 0.717) is 5.92 Å². The number of hydrogen-bond acceptors (Lipinski definition) is 2. The molecule has 0 spiro atoms. The molecule has 82 valence electrons. The molecule has 0 atom stereocenters. The summed E-state index contributed by atoms with van der Waals surface area (Å²) in [5.74, 6) is 0.292. The van der Waals surface area contributed by atoms with Gasteiger partial charge in [-0.15, -0.1) is 0 Å². The van der Waals surface area contributed by atoms with E-state index < -0.39 is 0 Å². The molecule has 2 rings (SSSR count). The highest BCUT2D eigenvalue weighted by molar-refractivity contribution is 5.53. The van der Waals surface area contributed by atoms with Crippen molar-refractivity contribution in [3.05, 3.63) is 24.5 Å². The van der Waals surface area contributed by atoms with Crippen LogP contribution in [0.3, 0.4) is 0 Å². The molecule has 0 aliphatic carbocycles. The third-order valence-corrected chi connectivity index (χ3v) is 2.91. The van der Waals surface area contributed by atoms with Gasteiger partial charge in [0.25, 0.3) is 0 Å². The van der Waals surface area contributed by atoms with Crippen molar-refractivity contribution in [2.24, 2.45) is 5.92 Å². The van der Waals surface area contributed by atoms with Crippen molar-refractivity contribution in [2.75, 3.05) is 13.1 Å². The molecule has 1 fully saturated rings. The van der Waals surface area contributed by atoms with Gasteiger partial charge in [-0.25, -0.2) is 0 Å². The highest BCUT2D eigenvalue weighted by Gasteiger charge is 2.22. The summed E-state index contributed by atoms with van der Waals surface area (Å²) in [7, 11) is 0. The zero-order valence-corrected chi connectivity index (χ0v) is 9.28. The van der Waals surface area contributed by atoms with E-state index in [1.807, 2.05) is 12.4 Å². The molecule has 0 saturated carbocycles. The van der Waals surface area contributed by atoms with Crippen LogP contribution in [-0.2, 0) is 4.79 Å². The van der Waals surface area contributed by atoms with Gasteiger partial charge in [-0.2, -0.15) is 0 Å². The first kappa shape index (κ1) is 12.1. The quantitative estimate of drug-likeness (QED) is 0.554. The highest BCUT2D eigenvalue weighted by Crippen LogP contribution is 2.08. The number of aromatic nitrogens is 1. The minimum Gasteiger partial charge on any atom is -1.00 e. The SMILES string of the molecule is O=CC1CC[NH+](c2ccncc2)CC1.[Cl-]. The lowest BCUT2D eigenvalue weighted by atomic mass is 9.98. The number of quaternary nitrogens is 1. The summed E-state index contributed by atoms with van der Waals surface area (Å²) >= 11 is 0.